The van der Waals surface area contributed by atoms with Crippen LogP contribution in [-0.4, -0.2) is 42.1 Å². The summed E-state index contributed by atoms with van der Waals surface area (Å²) in [4.78, 5) is 2.45. The molecule has 0 aromatic heterocycles. The van der Waals surface area contributed by atoms with Crippen LogP contribution in [0.2, 0.25) is 0 Å². The molecule has 0 saturated heterocycles. The summed E-state index contributed by atoms with van der Waals surface area (Å²) in [5, 5.41) is 0. The zero-order valence-electron chi connectivity index (χ0n) is 11.0. The van der Waals surface area contributed by atoms with Crippen LogP contribution in [0.25, 0.3) is 0 Å². The van der Waals surface area contributed by atoms with Gasteiger partial charge in [-0.1, -0.05) is 34.6 Å². The highest BCUT2D eigenvalue weighted by atomic mass is 32.2. The van der Waals surface area contributed by atoms with Gasteiger partial charge in [-0.15, -0.1) is 0 Å². The van der Waals surface area contributed by atoms with E-state index in [9.17, 15) is 0 Å². The van der Waals surface area contributed by atoms with Crippen molar-refractivity contribution in [1.82, 2.24) is 4.90 Å². The van der Waals surface area contributed by atoms with Gasteiger partial charge in [0, 0.05) is 24.1 Å². The largest absolute Gasteiger partial charge is 0.326 e. The first-order chi connectivity index (χ1) is 6.91. The van der Waals surface area contributed by atoms with Gasteiger partial charge in [0.25, 0.3) is 0 Å². The number of rotatable bonds is 7. The monoisotopic (exact) mass is 232 g/mol. The van der Waals surface area contributed by atoms with Gasteiger partial charge in [0.2, 0.25) is 0 Å². The summed E-state index contributed by atoms with van der Waals surface area (Å²) >= 11 is 1.98. The number of nitrogens with two attached hydrogens (primary N) is 1. The second-order valence-electron chi connectivity index (χ2n) is 5.07. The molecule has 0 fully saturated rings. The van der Waals surface area contributed by atoms with Crippen molar-refractivity contribution in [3.63, 3.8) is 0 Å². The lowest BCUT2D eigenvalue weighted by Crippen LogP contribution is -2.37. The Labute approximate surface area is 100.0 Å². The maximum atomic E-state index is 6.10. The standard InChI is InChI=1S/C12H28N2S/c1-6-14(7-2)8-9-15-10-11(13)12(3,4)5/h11H,6-10,13H2,1-5H3. The number of thioether (sulfide) groups is 1. The maximum absolute atomic E-state index is 6.10. The average molecular weight is 232 g/mol. The molecule has 3 heteroatoms. The topological polar surface area (TPSA) is 29.3 Å². The fraction of sp³-hybridized carbons (Fsp3) is 1.00. The molecule has 0 spiro atoms. The van der Waals surface area contributed by atoms with Crippen LogP contribution in [0.1, 0.15) is 34.6 Å². The van der Waals surface area contributed by atoms with Crippen LogP contribution in [0, 0.1) is 5.41 Å². The molecule has 0 aliphatic heterocycles. The third kappa shape index (κ3) is 7.20. The summed E-state index contributed by atoms with van der Waals surface area (Å²) in [5.74, 6) is 2.27. The van der Waals surface area contributed by atoms with E-state index in [2.05, 4.69) is 39.5 Å². The van der Waals surface area contributed by atoms with Crippen LogP contribution >= 0.6 is 11.8 Å². The zero-order valence-corrected chi connectivity index (χ0v) is 11.9. The van der Waals surface area contributed by atoms with Crippen molar-refractivity contribution < 1.29 is 0 Å². The van der Waals surface area contributed by atoms with Crippen LogP contribution in [0.15, 0.2) is 0 Å². The van der Waals surface area contributed by atoms with Crippen molar-refractivity contribution in [3.8, 4) is 0 Å². The molecule has 0 aliphatic rings. The average Bonchev–Trinajstić information content (AvgIpc) is 2.16. The van der Waals surface area contributed by atoms with Gasteiger partial charge in [-0.2, -0.15) is 11.8 Å². The SMILES string of the molecule is CCN(CC)CCSCC(N)C(C)(C)C. The normalized spacial score (nSPS) is 14.6. The summed E-state index contributed by atoms with van der Waals surface area (Å²) in [6, 6.07) is 0.305. The minimum Gasteiger partial charge on any atom is -0.326 e. The molecule has 2 N–H and O–H groups in total. The van der Waals surface area contributed by atoms with E-state index in [1.165, 1.54) is 12.3 Å². The van der Waals surface area contributed by atoms with Crippen molar-refractivity contribution in [2.45, 2.75) is 40.7 Å². The first-order valence-electron chi connectivity index (χ1n) is 5.97. The van der Waals surface area contributed by atoms with E-state index in [4.69, 9.17) is 5.73 Å². The van der Waals surface area contributed by atoms with Gasteiger partial charge in [-0.05, 0) is 18.5 Å². The highest BCUT2D eigenvalue weighted by Gasteiger charge is 2.19. The first kappa shape index (κ1) is 15.3. The van der Waals surface area contributed by atoms with Crippen molar-refractivity contribution >= 4 is 11.8 Å². The molecule has 0 amide bonds. The summed E-state index contributed by atoms with van der Waals surface area (Å²) in [5.41, 5.74) is 6.34. The van der Waals surface area contributed by atoms with E-state index in [1.807, 2.05) is 11.8 Å². The van der Waals surface area contributed by atoms with E-state index in [0.717, 1.165) is 18.8 Å². The molecule has 0 rings (SSSR count). The van der Waals surface area contributed by atoms with Crippen LogP contribution in [0.3, 0.4) is 0 Å². The minimum absolute atomic E-state index is 0.238. The Morgan fingerprint density at radius 2 is 1.73 bits per heavy atom. The van der Waals surface area contributed by atoms with Crippen molar-refractivity contribution in [2.24, 2.45) is 11.1 Å². The highest BCUT2D eigenvalue weighted by molar-refractivity contribution is 7.99. The van der Waals surface area contributed by atoms with Gasteiger partial charge in [0.15, 0.2) is 0 Å². The fourth-order valence-electron chi connectivity index (χ4n) is 1.19. The molecular formula is C12H28N2S. The molecule has 0 heterocycles. The lowest BCUT2D eigenvalue weighted by molar-refractivity contribution is 0.323. The quantitative estimate of drug-likeness (QED) is 0.684. The molecule has 0 aromatic carbocycles. The molecular weight excluding hydrogens is 204 g/mol. The maximum Gasteiger partial charge on any atom is 0.0179 e. The Balaban J connectivity index is 3.54. The van der Waals surface area contributed by atoms with Gasteiger partial charge >= 0.3 is 0 Å². The van der Waals surface area contributed by atoms with Crippen LogP contribution in [0.4, 0.5) is 0 Å². The van der Waals surface area contributed by atoms with Crippen LogP contribution < -0.4 is 5.73 Å². The third-order valence-electron chi connectivity index (χ3n) is 2.86. The zero-order chi connectivity index (χ0) is 11.9. The minimum atomic E-state index is 0.238. The van der Waals surface area contributed by atoms with Crippen LogP contribution in [0.5, 0.6) is 0 Å². The molecule has 15 heavy (non-hydrogen) atoms. The fourth-order valence-corrected chi connectivity index (χ4v) is 2.50. The second-order valence-corrected chi connectivity index (χ2v) is 6.22. The van der Waals surface area contributed by atoms with Crippen molar-refractivity contribution in [1.29, 1.82) is 0 Å². The molecule has 0 radical (unpaired) electrons. The third-order valence-corrected chi connectivity index (χ3v) is 3.92. The van der Waals surface area contributed by atoms with E-state index >= 15 is 0 Å². The Morgan fingerprint density at radius 1 is 1.20 bits per heavy atom. The lowest BCUT2D eigenvalue weighted by atomic mass is 9.89. The first-order valence-corrected chi connectivity index (χ1v) is 7.13. The molecule has 0 aliphatic carbocycles. The van der Waals surface area contributed by atoms with Gasteiger partial charge in [0.05, 0.1) is 0 Å². The lowest BCUT2D eigenvalue weighted by Gasteiger charge is -2.27. The molecule has 1 unspecified atom stereocenters. The van der Waals surface area contributed by atoms with Gasteiger partial charge in [-0.25, -0.2) is 0 Å². The van der Waals surface area contributed by atoms with Crippen molar-refractivity contribution in [2.75, 3.05) is 31.1 Å². The molecule has 1 atom stereocenters. The molecule has 92 valence electrons. The predicted molar refractivity (Wildman–Crippen MR) is 72.5 cm³/mol. The van der Waals surface area contributed by atoms with E-state index in [-0.39, 0.29) is 5.41 Å². The Kier molecular flexibility index (Phi) is 7.66. The number of hydrogen-bond acceptors (Lipinski definition) is 3. The second kappa shape index (κ2) is 7.53. The van der Waals surface area contributed by atoms with Crippen LogP contribution in [-0.2, 0) is 0 Å². The van der Waals surface area contributed by atoms with Gasteiger partial charge < -0.3 is 10.6 Å². The van der Waals surface area contributed by atoms with Gasteiger partial charge in [0.1, 0.15) is 0 Å². The van der Waals surface area contributed by atoms with Crippen molar-refractivity contribution in [3.05, 3.63) is 0 Å². The predicted octanol–water partition coefficient (Wildman–Crippen LogP) is 2.43. The number of hydrogen-bond donors (Lipinski definition) is 1. The Hall–Kier alpha value is 0.270. The van der Waals surface area contributed by atoms with E-state index < -0.39 is 0 Å². The van der Waals surface area contributed by atoms with Gasteiger partial charge in [-0.3, -0.25) is 0 Å². The van der Waals surface area contributed by atoms with E-state index in [1.54, 1.807) is 0 Å². The summed E-state index contributed by atoms with van der Waals surface area (Å²) in [6.45, 7) is 14.6. The summed E-state index contributed by atoms with van der Waals surface area (Å²) < 4.78 is 0. The Bertz CT molecular complexity index is 150. The Morgan fingerprint density at radius 3 is 2.13 bits per heavy atom. The summed E-state index contributed by atoms with van der Waals surface area (Å²) in [6.07, 6.45) is 0. The molecule has 2 nitrogen and oxygen atoms in total. The summed E-state index contributed by atoms with van der Waals surface area (Å²) in [7, 11) is 0. The van der Waals surface area contributed by atoms with E-state index in [0.29, 0.717) is 6.04 Å². The molecule has 0 aromatic rings. The smallest absolute Gasteiger partial charge is 0.0179 e. The number of nitrogens with zero attached hydrogens (tertiary/aromatic N) is 1. The highest BCUT2D eigenvalue weighted by Crippen LogP contribution is 2.20. The molecule has 0 bridgehead atoms. The molecule has 0 saturated carbocycles.